The Morgan fingerprint density at radius 2 is 1.92 bits per heavy atom. The second-order valence-electron chi connectivity index (χ2n) is 3.96. The van der Waals surface area contributed by atoms with Gasteiger partial charge in [0.15, 0.2) is 0 Å². The molecule has 1 aliphatic carbocycles. The van der Waals surface area contributed by atoms with Crippen molar-refractivity contribution in [1.29, 1.82) is 0 Å². The molecule has 4 nitrogen and oxygen atoms in total. The lowest BCUT2D eigenvalue weighted by Gasteiger charge is -2.22. The highest BCUT2D eigenvalue weighted by atomic mass is 16.5. The zero-order chi connectivity index (χ0) is 10.0. The molecule has 1 fully saturated rings. The van der Waals surface area contributed by atoms with E-state index in [9.17, 15) is 10.2 Å². The summed E-state index contributed by atoms with van der Waals surface area (Å²) in [5.74, 6) is 0.0624. The van der Waals surface area contributed by atoms with Gasteiger partial charge in [-0.25, -0.2) is 0 Å². The fraction of sp³-hybridized carbons (Fsp3) is 1.00. The Balaban J connectivity index is 2.56. The van der Waals surface area contributed by atoms with E-state index < -0.39 is 12.2 Å². The third kappa shape index (κ3) is 2.20. The van der Waals surface area contributed by atoms with E-state index in [1.165, 1.54) is 0 Å². The molecule has 0 amide bonds. The molecule has 4 heteroatoms. The molecule has 4 unspecified atom stereocenters. The van der Waals surface area contributed by atoms with Gasteiger partial charge < -0.3 is 19.8 Å². The summed E-state index contributed by atoms with van der Waals surface area (Å²) in [4.78, 5) is 1.95. The summed E-state index contributed by atoms with van der Waals surface area (Å²) < 4.78 is 4.98. The lowest BCUT2D eigenvalue weighted by molar-refractivity contribution is -0.0152. The molecule has 4 atom stereocenters. The maximum Gasteiger partial charge on any atom is 0.0957 e. The minimum absolute atomic E-state index is 0.0511. The van der Waals surface area contributed by atoms with Crippen LogP contribution in [0.15, 0.2) is 0 Å². The summed E-state index contributed by atoms with van der Waals surface area (Å²) in [6.45, 7) is 0.516. The van der Waals surface area contributed by atoms with Crippen molar-refractivity contribution in [2.24, 2.45) is 5.92 Å². The van der Waals surface area contributed by atoms with Gasteiger partial charge in [-0.2, -0.15) is 0 Å². The molecule has 0 radical (unpaired) electrons. The minimum atomic E-state index is -0.646. The quantitative estimate of drug-likeness (QED) is 0.617. The van der Waals surface area contributed by atoms with Crippen molar-refractivity contribution in [3.8, 4) is 0 Å². The molecule has 1 rings (SSSR count). The molecule has 78 valence electrons. The van der Waals surface area contributed by atoms with E-state index in [-0.39, 0.29) is 12.0 Å². The Morgan fingerprint density at radius 3 is 2.31 bits per heavy atom. The van der Waals surface area contributed by atoms with Crippen molar-refractivity contribution in [3.63, 3.8) is 0 Å². The first-order chi connectivity index (χ1) is 6.07. The topological polar surface area (TPSA) is 52.9 Å². The van der Waals surface area contributed by atoms with Crippen LogP contribution in [0.3, 0.4) is 0 Å². The molecule has 0 heterocycles. The van der Waals surface area contributed by atoms with E-state index in [1.54, 1.807) is 7.11 Å². The molecule has 0 aromatic carbocycles. The van der Waals surface area contributed by atoms with Gasteiger partial charge in [0.1, 0.15) is 0 Å². The molecule has 2 N–H and O–H groups in total. The molecule has 1 saturated carbocycles. The van der Waals surface area contributed by atoms with Gasteiger partial charge >= 0.3 is 0 Å². The fourth-order valence-corrected chi connectivity index (χ4v) is 1.99. The van der Waals surface area contributed by atoms with Crippen molar-refractivity contribution in [1.82, 2.24) is 4.90 Å². The molecular formula is C9H19NO3. The number of methoxy groups -OCH3 is 1. The van der Waals surface area contributed by atoms with Gasteiger partial charge in [-0.1, -0.05) is 0 Å². The van der Waals surface area contributed by atoms with Crippen LogP contribution in [0.1, 0.15) is 6.42 Å². The normalized spacial score (nSPS) is 40.2. The predicted molar refractivity (Wildman–Crippen MR) is 49.5 cm³/mol. The fourth-order valence-electron chi connectivity index (χ4n) is 1.99. The second kappa shape index (κ2) is 4.37. The average molecular weight is 189 g/mol. The van der Waals surface area contributed by atoms with Gasteiger partial charge in [0.05, 0.1) is 18.8 Å². The summed E-state index contributed by atoms with van der Waals surface area (Å²) in [5, 5.41) is 19.3. The second-order valence-corrected chi connectivity index (χ2v) is 3.96. The van der Waals surface area contributed by atoms with Gasteiger partial charge in [-0.05, 0) is 20.5 Å². The van der Waals surface area contributed by atoms with Crippen molar-refractivity contribution in [2.75, 3.05) is 27.8 Å². The van der Waals surface area contributed by atoms with E-state index in [2.05, 4.69) is 0 Å². The highest BCUT2D eigenvalue weighted by Gasteiger charge is 2.42. The summed E-state index contributed by atoms with van der Waals surface area (Å²) in [5.41, 5.74) is 0. The van der Waals surface area contributed by atoms with E-state index in [0.29, 0.717) is 6.61 Å². The summed E-state index contributed by atoms with van der Waals surface area (Å²) in [6.07, 6.45) is -0.495. The van der Waals surface area contributed by atoms with Gasteiger partial charge in [0.2, 0.25) is 0 Å². The van der Waals surface area contributed by atoms with Gasteiger partial charge in [0, 0.05) is 19.1 Å². The number of likely N-dealkylation sites (N-methyl/N-ethyl adjacent to an activating group) is 1. The number of rotatable bonds is 3. The molecule has 0 aromatic rings. The Labute approximate surface area is 79.1 Å². The number of aliphatic hydroxyl groups is 2. The smallest absolute Gasteiger partial charge is 0.0957 e. The Kier molecular flexibility index (Phi) is 3.67. The highest BCUT2D eigenvalue weighted by molar-refractivity contribution is 4.95. The Morgan fingerprint density at radius 1 is 1.31 bits per heavy atom. The first-order valence-corrected chi connectivity index (χ1v) is 4.59. The lowest BCUT2D eigenvalue weighted by atomic mass is 10.1. The first-order valence-electron chi connectivity index (χ1n) is 4.59. The number of hydrogen-bond donors (Lipinski definition) is 2. The van der Waals surface area contributed by atoms with Gasteiger partial charge in [0.25, 0.3) is 0 Å². The third-order valence-electron chi connectivity index (χ3n) is 2.82. The van der Waals surface area contributed by atoms with Crippen LogP contribution in [0.4, 0.5) is 0 Å². The van der Waals surface area contributed by atoms with E-state index >= 15 is 0 Å². The minimum Gasteiger partial charge on any atom is -0.390 e. The molecule has 0 saturated heterocycles. The summed E-state index contributed by atoms with van der Waals surface area (Å²) in [7, 11) is 5.44. The SMILES string of the molecule is COCC1CC(N(C)C)C(O)C1O. The van der Waals surface area contributed by atoms with E-state index in [1.807, 2.05) is 19.0 Å². The van der Waals surface area contributed by atoms with E-state index in [0.717, 1.165) is 6.42 Å². The largest absolute Gasteiger partial charge is 0.390 e. The maximum atomic E-state index is 9.68. The van der Waals surface area contributed by atoms with Crippen molar-refractivity contribution in [3.05, 3.63) is 0 Å². The first kappa shape index (κ1) is 10.9. The van der Waals surface area contributed by atoms with Crippen LogP contribution in [-0.2, 0) is 4.74 Å². The van der Waals surface area contributed by atoms with Gasteiger partial charge in [-0.3, -0.25) is 0 Å². The molecule has 0 spiro atoms. The number of nitrogens with zero attached hydrogens (tertiary/aromatic N) is 1. The molecule has 0 aliphatic heterocycles. The molecule has 0 bridgehead atoms. The van der Waals surface area contributed by atoms with Crippen LogP contribution in [0, 0.1) is 5.92 Å². The monoisotopic (exact) mass is 189 g/mol. The van der Waals surface area contributed by atoms with Crippen LogP contribution in [0.2, 0.25) is 0 Å². The van der Waals surface area contributed by atoms with E-state index in [4.69, 9.17) is 4.74 Å². The molecule has 13 heavy (non-hydrogen) atoms. The molecular weight excluding hydrogens is 170 g/mol. The standard InChI is InChI=1S/C9H19NO3/c1-10(2)7-4-6(5-13-3)8(11)9(7)12/h6-9,11-12H,4-5H2,1-3H3. The van der Waals surface area contributed by atoms with Crippen molar-refractivity contribution < 1.29 is 14.9 Å². The van der Waals surface area contributed by atoms with Crippen molar-refractivity contribution >= 4 is 0 Å². The van der Waals surface area contributed by atoms with Gasteiger partial charge in [-0.15, -0.1) is 0 Å². The average Bonchev–Trinajstić information content (AvgIpc) is 2.33. The number of ether oxygens (including phenoxy) is 1. The number of aliphatic hydroxyl groups excluding tert-OH is 2. The van der Waals surface area contributed by atoms with Crippen LogP contribution in [0.5, 0.6) is 0 Å². The number of hydrogen-bond acceptors (Lipinski definition) is 4. The van der Waals surface area contributed by atoms with Crippen LogP contribution < -0.4 is 0 Å². The summed E-state index contributed by atoms with van der Waals surface area (Å²) in [6, 6.07) is 0.0511. The predicted octanol–water partition coefficient (Wildman–Crippen LogP) is -0.695. The summed E-state index contributed by atoms with van der Waals surface area (Å²) >= 11 is 0. The third-order valence-corrected chi connectivity index (χ3v) is 2.82. The lowest BCUT2D eigenvalue weighted by Crippen LogP contribution is -2.39. The molecule has 0 aromatic heterocycles. The van der Waals surface area contributed by atoms with Crippen LogP contribution >= 0.6 is 0 Å². The Bertz CT molecular complexity index is 163. The zero-order valence-corrected chi connectivity index (χ0v) is 8.47. The van der Waals surface area contributed by atoms with Crippen LogP contribution in [0.25, 0.3) is 0 Å². The zero-order valence-electron chi connectivity index (χ0n) is 8.47. The maximum absolute atomic E-state index is 9.68. The van der Waals surface area contributed by atoms with Crippen molar-refractivity contribution in [2.45, 2.75) is 24.7 Å². The van der Waals surface area contributed by atoms with Crippen LogP contribution in [-0.4, -0.2) is 61.2 Å². The highest BCUT2D eigenvalue weighted by Crippen LogP contribution is 2.29. The Hall–Kier alpha value is -0.160. The molecule has 1 aliphatic rings.